The first-order chi connectivity index (χ1) is 11.3. The third-order valence-corrected chi connectivity index (χ3v) is 6.22. The van der Waals surface area contributed by atoms with Crippen LogP contribution in [-0.2, 0) is 0 Å². The summed E-state index contributed by atoms with van der Waals surface area (Å²) in [5, 5.41) is 0. The lowest BCUT2D eigenvalue weighted by atomic mass is 9.88. The van der Waals surface area contributed by atoms with Crippen LogP contribution in [0.15, 0.2) is 47.7 Å². The summed E-state index contributed by atoms with van der Waals surface area (Å²) < 4.78 is 0. The Balaban J connectivity index is 2.12. The van der Waals surface area contributed by atoms with Crippen LogP contribution in [0.25, 0.3) is 4.91 Å². The molecule has 24 heavy (non-hydrogen) atoms. The van der Waals surface area contributed by atoms with Gasteiger partial charge in [0.2, 0.25) is 0 Å². The number of rotatable bonds is 5. The highest BCUT2D eigenvalue weighted by Gasteiger charge is 2.25. The molecular formula is C21H30N2S. The van der Waals surface area contributed by atoms with Crippen LogP contribution in [0.5, 0.6) is 0 Å². The maximum atomic E-state index is 4.41. The van der Waals surface area contributed by atoms with Crippen LogP contribution >= 0.6 is 11.8 Å². The Hall–Kier alpha value is -1.48. The van der Waals surface area contributed by atoms with Crippen molar-refractivity contribution < 1.29 is 0 Å². The molecule has 0 saturated carbocycles. The molecule has 0 aromatic carbocycles. The topological polar surface area (TPSA) is 16.1 Å². The summed E-state index contributed by atoms with van der Waals surface area (Å²) in [6, 6.07) is 4.12. The molecule has 2 atom stereocenters. The van der Waals surface area contributed by atoms with Crippen LogP contribution in [0.1, 0.15) is 45.4 Å². The van der Waals surface area contributed by atoms with Gasteiger partial charge in [-0.3, -0.25) is 4.98 Å². The largest absolute Gasteiger partial charge is 0.371 e. The fourth-order valence-electron chi connectivity index (χ4n) is 2.92. The number of allylic oxidation sites excluding steroid dienone is 1. The second-order valence-electron chi connectivity index (χ2n) is 7.18. The van der Waals surface area contributed by atoms with Crippen molar-refractivity contribution in [1.29, 1.82) is 0 Å². The van der Waals surface area contributed by atoms with Crippen LogP contribution in [0.2, 0.25) is 0 Å². The molecule has 2 heterocycles. The average Bonchev–Trinajstić information content (AvgIpc) is 2.54. The Morgan fingerprint density at radius 2 is 1.92 bits per heavy atom. The predicted molar refractivity (Wildman–Crippen MR) is 108 cm³/mol. The van der Waals surface area contributed by atoms with Crippen molar-refractivity contribution in [2.24, 2.45) is 11.8 Å². The molecule has 2 rings (SSSR count). The maximum absolute atomic E-state index is 4.41. The second-order valence-corrected chi connectivity index (χ2v) is 8.28. The van der Waals surface area contributed by atoms with Gasteiger partial charge in [0.05, 0.1) is 0 Å². The summed E-state index contributed by atoms with van der Waals surface area (Å²) in [5.41, 5.74) is 4.54. The molecule has 0 radical (unpaired) electrons. The smallest absolute Gasteiger partial charge is 0.0434 e. The minimum Gasteiger partial charge on any atom is -0.371 e. The molecule has 0 aliphatic carbocycles. The number of aryl methyl sites for hydroxylation is 1. The van der Waals surface area contributed by atoms with Crippen molar-refractivity contribution in [3.05, 3.63) is 58.9 Å². The van der Waals surface area contributed by atoms with E-state index in [4.69, 9.17) is 0 Å². The van der Waals surface area contributed by atoms with Gasteiger partial charge >= 0.3 is 0 Å². The number of piperidine rings is 1. The molecule has 0 N–H and O–H groups in total. The first kappa shape index (κ1) is 18.9. The van der Waals surface area contributed by atoms with E-state index in [9.17, 15) is 0 Å². The van der Waals surface area contributed by atoms with Crippen molar-refractivity contribution in [3.8, 4) is 0 Å². The summed E-state index contributed by atoms with van der Waals surface area (Å²) in [7, 11) is 0. The monoisotopic (exact) mass is 342 g/mol. The lowest BCUT2D eigenvalue weighted by molar-refractivity contribution is 0.176. The van der Waals surface area contributed by atoms with Crippen molar-refractivity contribution in [2.75, 3.05) is 13.1 Å². The number of thioether (sulfide) groups is 1. The molecule has 1 aromatic heterocycles. The zero-order chi connectivity index (χ0) is 17.9. The van der Waals surface area contributed by atoms with Gasteiger partial charge < -0.3 is 4.90 Å². The van der Waals surface area contributed by atoms with Crippen LogP contribution in [0.3, 0.4) is 0 Å². The number of hydrogen-bond donors (Lipinski definition) is 0. The Bertz CT molecular complexity index is 638. The van der Waals surface area contributed by atoms with E-state index < -0.39 is 0 Å². The Kier molecular flexibility index (Phi) is 6.34. The fourth-order valence-corrected chi connectivity index (χ4v) is 3.85. The fraction of sp³-hybridized carbons (Fsp3) is 0.476. The van der Waals surface area contributed by atoms with Crippen LogP contribution in [0.4, 0.5) is 0 Å². The number of pyridine rings is 1. The van der Waals surface area contributed by atoms with Gasteiger partial charge in [0.15, 0.2) is 0 Å². The van der Waals surface area contributed by atoms with Crippen molar-refractivity contribution >= 4 is 16.7 Å². The van der Waals surface area contributed by atoms with Gasteiger partial charge in [-0.15, -0.1) is 0 Å². The molecule has 1 aromatic rings. The predicted octanol–water partition coefficient (Wildman–Crippen LogP) is 5.88. The summed E-state index contributed by atoms with van der Waals surface area (Å²) in [6.45, 7) is 21.9. The van der Waals surface area contributed by atoms with Crippen LogP contribution in [0, 0.1) is 18.8 Å². The third-order valence-electron chi connectivity index (χ3n) is 4.89. The first-order valence-electron chi connectivity index (χ1n) is 8.71. The Morgan fingerprint density at radius 3 is 2.46 bits per heavy atom. The van der Waals surface area contributed by atoms with Crippen molar-refractivity contribution in [1.82, 2.24) is 9.88 Å². The van der Waals surface area contributed by atoms with Gasteiger partial charge in [-0.25, -0.2) is 0 Å². The number of likely N-dealkylation sites (tertiary alicyclic amines) is 1. The minimum absolute atomic E-state index is 0.711. The van der Waals surface area contributed by atoms with Crippen LogP contribution in [-0.4, -0.2) is 23.0 Å². The Labute approximate surface area is 151 Å². The van der Waals surface area contributed by atoms with E-state index in [2.05, 4.69) is 56.8 Å². The Morgan fingerprint density at radius 1 is 1.21 bits per heavy atom. The SMILES string of the molecule is C=C(SC(C(=C)N1CCC(C)C(C)C1)=C(C)C)c1ccc(C)nc1. The quantitative estimate of drug-likeness (QED) is 0.622. The maximum Gasteiger partial charge on any atom is 0.0434 e. The molecule has 1 aliphatic rings. The lowest BCUT2D eigenvalue weighted by Gasteiger charge is -2.38. The summed E-state index contributed by atoms with van der Waals surface area (Å²) in [5.74, 6) is 1.51. The molecule has 2 unspecified atom stereocenters. The zero-order valence-electron chi connectivity index (χ0n) is 15.7. The van der Waals surface area contributed by atoms with E-state index in [1.165, 1.54) is 16.9 Å². The van der Waals surface area contributed by atoms with Gasteiger partial charge in [-0.1, -0.05) is 50.4 Å². The van der Waals surface area contributed by atoms with Gasteiger partial charge in [0.1, 0.15) is 0 Å². The highest BCUT2D eigenvalue weighted by molar-refractivity contribution is 8.12. The molecule has 0 spiro atoms. The zero-order valence-corrected chi connectivity index (χ0v) is 16.5. The molecule has 0 amide bonds. The second kappa shape index (κ2) is 8.06. The average molecular weight is 343 g/mol. The molecule has 2 nitrogen and oxygen atoms in total. The standard InChI is InChI=1S/C21H30N2S/c1-14(2)21(18(6)23-11-10-15(3)16(4)13-23)24-19(7)20-9-8-17(5)22-12-20/h8-9,12,15-16H,6-7,10-11,13H2,1-5H3. The highest BCUT2D eigenvalue weighted by Crippen LogP contribution is 2.39. The number of nitrogens with zero attached hydrogens (tertiary/aromatic N) is 2. The molecule has 1 fully saturated rings. The van der Waals surface area contributed by atoms with E-state index in [-0.39, 0.29) is 0 Å². The van der Waals surface area contributed by atoms with Crippen molar-refractivity contribution in [2.45, 2.75) is 41.0 Å². The molecular weight excluding hydrogens is 312 g/mol. The van der Waals surface area contributed by atoms with E-state index >= 15 is 0 Å². The normalized spacial score (nSPS) is 20.6. The summed E-state index contributed by atoms with van der Waals surface area (Å²) >= 11 is 1.72. The molecule has 3 heteroatoms. The molecule has 1 saturated heterocycles. The van der Waals surface area contributed by atoms with E-state index in [0.717, 1.165) is 40.9 Å². The van der Waals surface area contributed by atoms with Gasteiger partial charge in [0, 0.05) is 46.1 Å². The van der Waals surface area contributed by atoms with E-state index in [0.29, 0.717) is 5.92 Å². The van der Waals surface area contributed by atoms with Gasteiger partial charge in [0.25, 0.3) is 0 Å². The third kappa shape index (κ3) is 4.54. The molecule has 0 bridgehead atoms. The van der Waals surface area contributed by atoms with Crippen molar-refractivity contribution in [3.63, 3.8) is 0 Å². The summed E-state index contributed by atoms with van der Waals surface area (Å²) in [4.78, 5) is 9.09. The lowest BCUT2D eigenvalue weighted by Crippen LogP contribution is -2.37. The van der Waals surface area contributed by atoms with Crippen LogP contribution < -0.4 is 0 Å². The number of aromatic nitrogens is 1. The molecule has 130 valence electrons. The first-order valence-corrected chi connectivity index (χ1v) is 9.52. The van der Waals surface area contributed by atoms with E-state index in [1.807, 2.05) is 19.2 Å². The summed E-state index contributed by atoms with van der Waals surface area (Å²) in [6.07, 6.45) is 3.14. The molecule has 1 aliphatic heterocycles. The number of hydrogen-bond acceptors (Lipinski definition) is 3. The van der Waals surface area contributed by atoms with E-state index in [1.54, 1.807) is 11.8 Å². The van der Waals surface area contributed by atoms with Gasteiger partial charge in [-0.05, 0) is 45.1 Å². The highest BCUT2D eigenvalue weighted by atomic mass is 32.2. The minimum atomic E-state index is 0.711. The van der Waals surface area contributed by atoms with Gasteiger partial charge in [-0.2, -0.15) is 0 Å².